The van der Waals surface area contributed by atoms with Crippen LogP contribution >= 0.6 is 11.6 Å². The Morgan fingerprint density at radius 1 is 1.18 bits per heavy atom. The van der Waals surface area contributed by atoms with Crippen molar-refractivity contribution in [2.24, 2.45) is 0 Å². The van der Waals surface area contributed by atoms with Crippen LogP contribution < -0.4 is 0 Å². The van der Waals surface area contributed by atoms with E-state index in [0.29, 0.717) is 22.0 Å². The molecule has 6 nitrogen and oxygen atoms in total. The number of carbonyl (C=O) groups is 1. The summed E-state index contributed by atoms with van der Waals surface area (Å²) >= 11 is 6.26. The Balaban J connectivity index is 2.29. The van der Waals surface area contributed by atoms with Crippen molar-refractivity contribution in [3.63, 3.8) is 0 Å². The molecule has 0 unspecified atom stereocenters. The van der Waals surface area contributed by atoms with Crippen molar-refractivity contribution in [1.82, 2.24) is 9.78 Å². The van der Waals surface area contributed by atoms with Gasteiger partial charge in [0.25, 0.3) is 0 Å². The number of benzene rings is 2. The standard InChI is InChI=1S/C20H19ClN2O4S/c1-4-27-20(24)17-12-18(15-7-5-6-8-19(15)28(3,25)26)23(22-17)14-10-9-13(2)16(21)11-14/h5-12H,4H2,1-3H3. The van der Waals surface area contributed by atoms with E-state index in [-0.39, 0.29) is 17.2 Å². The molecule has 0 saturated carbocycles. The molecule has 3 rings (SSSR count). The maximum absolute atomic E-state index is 12.3. The van der Waals surface area contributed by atoms with Gasteiger partial charge in [0, 0.05) is 16.8 Å². The van der Waals surface area contributed by atoms with Crippen LogP contribution in [0.3, 0.4) is 0 Å². The highest BCUT2D eigenvalue weighted by molar-refractivity contribution is 7.90. The fourth-order valence-corrected chi connectivity index (χ4v) is 3.86. The van der Waals surface area contributed by atoms with Crippen molar-refractivity contribution in [2.45, 2.75) is 18.7 Å². The average molecular weight is 419 g/mol. The summed E-state index contributed by atoms with van der Waals surface area (Å²) in [5.41, 5.74) is 2.45. The van der Waals surface area contributed by atoms with Crippen molar-refractivity contribution < 1.29 is 17.9 Å². The van der Waals surface area contributed by atoms with Crippen LogP contribution in [0.1, 0.15) is 23.0 Å². The Bertz CT molecular complexity index is 1150. The van der Waals surface area contributed by atoms with E-state index in [1.165, 1.54) is 16.8 Å². The van der Waals surface area contributed by atoms with Gasteiger partial charge in [0.15, 0.2) is 15.5 Å². The van der Waals surface area contributed by atoms with E-state index in [1.807, 2.05) is 13.0 Å². The summed E-state index contributed by atoms with van der Waals surface area (Å²) < 4.78 is 31.1. The van der Waals surface area contributed by atoms with Gasteiger partial charge < -0.3 is 4.74 Å². The fraction of sp³-hybridized carbons (Fsp3) is 0.200. The highest BCUT2D eigenvalue weighted by Gasteiger charge is 2.22. The Morgan fingerprint density at radius 3 is 2.54 bits per heavy atom. The number of rotatable bonds is 5. The van der Waals surface area contributed by atoms with E-state index < -0.39 is 15.8 Å². The van der Waals surface area contributed by atoms with Crippen LogP contribution in [0, 0.1) is 6.92 Å². The van der Waals surface area contributed by atoms with Gasteiger partial charge in [-0.1, -0.05) is 35.9 Å². The van der Waals surface area contributed by atoms with Gasteiger partial charge in [0.1, 0.15) is 0 Å². The Hall–Kier alpha value is -2.64. The minimum Gasteiger partial charge on any atom is -0.461 e. The average Bonchev–Trinajstić information content (AvgIpc) is 3.09. The lowest BCUT2D eigenvalue weighted by atomic mass is 10.1. The molecule has 2 aromatic carbocycles. The maximum atomic E-state index is 12.3. The molecule has 0 aliphatic carbocycles. The first-order chi connectivity index (χ1) is 13.2. The van der Waals surface area contributed by atoms with Gasteiger partial charge in [-0.05, 0) is 43.7 Å². The van der Waals surface area contributed by atoms with E-state index in [2.05, 4.69) is 5.10 Å². The van der Waals surface area contributed by atoms with Gasteiger partial charge in [-0.2, -0.15) is 5.10 Å². The van der Waals surface area contributed by atoms with Crippen LogP contribution in [0.4, 0.5) is 0 Å². The van der Waals surface area contributed by atoms with Crippen molar-refractivity contribution in [1.29, 1.82) is 0 Å². The summed E-state index contributed by atoms with van der Waals surface area (Å²) in [6, 6.07) is 13.4. The van der Waals surface area contributed by atoms with Gasteiger partial charge in [-0.25, -0.2) is 17.9 Å². The van der Waals surface area contributed by atoms with Crippen molar-refractivity contribution >= 4 is 27.4 Å². The SMILES string of the molecule is CCOC(=O)c1cc(-c2ccccc2S(C)(=O)=O)n(-c2ccc(C)c(Cl)c2)n1. The zero-order valence-corrected chi connectivity index (χ0v) is 17.2. The molecule has 8 heteroatoms. The lowest BCUT2D eigenvalue weighted by molar-refractivity contribution is 0.0519. The summed E-state index contributed by atoms with van der Waals surface area (Å²) in [4.78, 5) is 12.4. The molecule has 0 saturated heterocycles. The third kappa shape index (κ3) is 3.95. The van der Waals surface area contributed by atoms with Crippen molar-refractivity contribution in [3.8, 4) is 16.9 Å². The molecule has 0 atom stereocenters. The fourth-order valence-electron chi connectivity index (χ4n) is 2.79. The number of hydrogen-bond acceptors (Lipinski definition) is 5. The number of aryl methyl sites for hydroxylation is 1. The third-order valence-corrected chi connectivity index (χ3v) is 5.72. The van der Waals surface area contributed by atoms with Gasteiger partial charge >= 0.3 is 5.97 Å². The number of nitrogens with zero attached hydrogens (tertiary/aromatic N) is 2. The Labute approximate surface area is 168 Å². The highest BCUT2D eigenvalue weighted by atomic mass is 35.5. The molecular weight excluding hydrogens is 400 g/mol. The van der Waals surface area contributed by atoms with E-state index in [9.17, 15) is 13.2 Å². The number of carbonyl (C=O) groups excluding carboxylic acids is 1. The predicted octanol–water partition coefficient (Wildman–Crippen LogP) is 4.08. The smallest absolute Gasteiger partial charge is 0.358 e. The predicted molar refractivity (Wildman–Crippen MR) is 108 cm³/mol. The number of aromatic nitrogens is 2. The molecule has 0 aliphatic rings. The van der Waals surface area contributed by atoms with E-state index in [0.717, 1.165) is 11.8 Å². The van der Waals surface area contributed by atoms with Crippen molar-refractivity contribution in [3.05, 3.63) is 64.8 Å². The molecule has 0 amide bonds. The number of sulfone groups is 1. The molecule has 1 aromatic heterocycles. The second kappa shape index (κ2) is 7.77. The van der Waals surface area contributed by atoms with Crippen LogP contribution in [-0.4, -0.2) is 37.0 Å². The molecule has 0 fully saturated rings. The summed E-state index contributed by atoms with van der Waals surface area (Å²) in [7, 11) is -3.50. The number of ether oxygens (including phenoxy) is 1. The van der Waals surface area contributed by atoms with Gasteiger partial charge in [0.2, 0.25) is 0 Å². The minimum atomic E-state index is -3.50. The number of hydrogen-bond donors (Lipinski definition) is 0. The molecule has 1 heterocycles. The largest absolute Gasteiger partial charge is 0.461 e. The molecule has 0 spiro atoms. The van der Waals surface area contributed by atoms with Gasteiger partial charge in [-0.3, -0.25) is 0 Å². The summed E-state index contributed by atoms with van der Waals surface area (Å²) in [6.45, 7) is 3.78. The molecule has 0 aliphatic heterocycles. The molecule has 28 heavy (non-hydrogen) atoms. The van der Waals surface area contributed by atoms with Crippen LogP contribution in [0.25, 0.3) is 16.9 Å². The first kappa shape index (κ1) is 20.1. The van der Waals surface area contributed by atoms with Gasteiger partial charge in [-0.15, -0.1) is 0 Å². The first-order valence-corrected chi connectivity index (χ1v) is 10.8. The zero-order chi connectivity index (χ0) is 20.5. The molecule has 3 aromatic rings. The monoisotopic (exact) mass is 418 g/mol. The normalized spacial score (nSPS) is 11.4. The summed E-state index contributed by atoms with van der Waals surface area (Å²) in [6.07, 6.45) is 1.14. The Morgan fingerprint density at radius 2 is 1.89 bits per heavy atom. The molecular formula is C20H19ClN2O4S. The minimum absolute atomic E-state index is 0.0804. The van der Waals surface area contributed by atoms with Crippen LogP contribution in [-0.2, 0) is 14.6 Å². The summed E-state index contributed by atoms with van der Waals surface area (Å²) in [5.74, 6) is -0.586. The highest BCUT2D eigenvalue weighted by Crippen LogP contribution is 2.31. The van der Waals surface area contributed by atoms with Crippen LogP contribution in [0.5, 0.6) is 0 Å². The summed E-state index contributed by atoms with van der Waals surface area (Å²) in [5, 5.41) is 4.89. The van der Waals surface area contributed by atoms with E-state index in [4.69, 9.17) is 16.3 Å². The molecule has 0 N–H and O–H groups in total. The number of halogens is 1. The molecule has 0 bridgehead atoms. The molecule has 0 radical (unpaired) electrons. The zero-order valence-electron chi connectivity index (χ0n) is 15.6. The van der Waals surface area contributed by atoms with Gasteiger partial charge in [0.05, 0.1) is 22.9 Å². The first-order valence-electron chi connectivity index (χ1n) is 8.55. The lowest BCUT2D eigenvalue weighted by Gasteiger charge is -2.11. The van der Waals surface area contributed by atoms with Crippen LogP contribution in [0.2, 0.25) is 5.02 Å². The van der Waals surface area contributed by atoms with E-state index >= 15 is 0 Å². The maximum Gasteiger partial charge on any atom is 0.358 e. The van der Waals surface area contributed by atoms with Crippen molar-refractivity contribution in [2.75, 3.05) is 12.9 Å². The quantitative estimate of drug-likeness (QED) is 0.583. The second-order valence-electron chi connectivity index (χ2n) is 6.25. The number of esters is 1. The Kier molecular flexibility index (Phi) is 5.58. The third-order valence-electron chi connectivity index (χ3n) is 4.16. The molecule has 146 valence electrons. The second-order valence-corrected chi connectivity index (χ2v) is 8.64. The van der Waals surface area contributed by atoms with Crippen LogP contribution in [0.15, 0.2) is 53.4 Å². The van der Waals surface area contributed by atoms with E-state index in [1.54, 1.807) is 37.3 Å². The lowest BCUT2D eigenvalue weighted by Crippen LogP contribution is -2.07. The topological polar surface area (TPSA) is 78.3 Å².